The van der Waals surface area contributed by atoms with Gasteiger partial charge in [0.25, 0.3) is 5.69 Å². The summed E-state index contributed by atoms with van der Waals surface area (Å²) in [4.78, 5) is 15.9. The van der Waals surface area contributed by atoms with Crippen LogP contribution in [0.25, 0.3) is 4.96 Å². The highest BCUT2D eigenvalue weighted by molar-refractivity contribution is 9.10. The third kappa shape index (κ3) is 2.64. The minimum Gasteiger partial charge on any atom is -0.378 e. The van der Waals surface area contributed by atoms with Crippen LogP contribution >= 0.6 is 27.3 Å². The minimum absolute atomic E-state index is 0.0615. The van der Waals surface area contributed by atoms with Gasteiger partial charge in [-0.05, 0) is 28.9 Å². The van der Waals surface area contributed by atoms with E-state index in [0.29, 0.717) is 12.2 Å². The number of halogens is 1. The van der Waals surface area contributed by atoms with Crippen LogP contribution in [0.5, 0.6) is 0 Å². The molecule has 3 rings (SSSR count). The number of benzene rings is 1. The smallest absolute Gasteiger partial charge is 0.271 e. The quantitative estimate of drug-likeness (QED) is 0.559. The van der Waals surface area contributed by atoms with Gasteiger partial charge in [-0.1, -0.05) is 0 Å². The number of nitrogens with one attached hydrogen (secondary N) is 1. The second-order valence-corrected chi connectivity index (χ2v) is 6.20. The lowest BCUT2D eigenvalue weighted by atomic mass is 10.2. The molecular weight excluding hydrogens is 356 g/mol. The first kappa shape index (κ1) is 14.0. The molecule has 0 unspecified atom stereocenters. The highest BCUT2D eigenvalue weighted by atomic mass is 79.9. The second kappa shape index (κ2) is 5.45. The summed E-state index contributed by atoms with van der Waals surface area (Å²) in [6.45, 7) is 2.50. The van der Waals surface area contributed by atoms with Crippen molar-refractivity contribution in [2.75, 3.05) is 5.32 Å². The molecule has 21 heavy (non-hydrogen) atoms. The molecule has 2 aromatic heterocycles. The molecule has 0 radical (unpaired) electrons. The van der Waals surface area contributed by atoms with Gasteiger partial charge >= 0.3 is 0 Å². The SMILES string of the molecule is Cc1nc2sccn2c1CNc1cc([N+](=O)[O-])ccc1Br. The molecule has 0 saturated carbocycles. The lowest BCUT2D eigenvalue weighted by Crippen LogP contribution is -2.04. The molecule has 0 saturated heterocycles. The van der Waals surface area contributed by atoms with E-state index in [2.05, 4.69) is 26.2 Å². The number of rotatable bonds is 4. The number of nitro groups is 1. The normalized spacial score (nSPS) is 11.0. The Morgan fingerprint density at radius 3 is 3.10 bits per heavy atom. The molecule has 0 atom stereocenters. The summed E-state index contributed by atoms with van der Waals surface area (Å²) in [5.74, 6) is 0. The van der Waals surface area contributed by atoms with Gasteiger partial charge in [0.05, 0.1) is 28.5 Å². The van der Waals surface area contributed by atoms with E-state index in [-0.39, 0.29) is 5.69 Å². The van der Waals surface area contributed by atoms with Crippen LogP contribution < -0.4 is 5.32 Å². The summed E-state index contributed by atoms with van der Waals surface area (Å²) in [5.41, 5.74) is 2.75. The Labute approximate surface area is 132 Å². The minimum atomic E-state index is -0.404. The fraction of sp³-hybridized carbons (Fsp3) is 0.154. The maximum Gasteiger partial charge on any atom is 0.271 e. The summed E-state index contributed by atoms with van der Waals surface area (Å²) < 4.78 is 2.81. The largest absolute Gasteiger partial charge is 0.378 e. The Balaban J connectivity index is 1.87. The third-order valence-corrected chi connectivity index (χ3v) is 4.62. The Kier molecular flexibility index (Phi) is 3.64. The highest BCUT2D eigenvalue weighted by Crippen LogP contribution is 2.28. The first-order chi connectivity index (χ1) is 10.1. The zero-order valence-electron chi connectivity index (χ0n) is 11.0. The lowest BCUT2D eigenvalue weighted by Gasteiger charge is -2.08. The van der Waals surface area contributed by atoms with Crippen LogP contribution in [0.2, 0.25) is 0 Å². The molecule has 108 valence electrons. The number of nitro benzene ring substituents is 1. The number of hydrogen-bond acceptors (Lipinski definition) is 5. The van der Waals surface area contributed by atoms with Crippen LogP contribution in [0, 0.1) is 17.0 Å². The van der Waals surface area contributed by atoms with Crippen molar-refractivity contribution >= 4 is 43.6 Å². The summed E-state index contributed by atoms with van der Waals surface area (Å²) in [7, 11) is 0. The number of fused-ring (bicyclic) bond motifs is 1. The fourth-order valence-corrected chi connectivity index (χ4v) is 3.26. The van der Waals surface area contributed by atoms with Gasteiger partial charge < -0.3 is 5.32 Å². The number of hydrogen-bond donors (Lipinski definition) is 1. The van der Waals surface area contributed by atoms with Gasteiger partial charge in [0.2, 0.25) is 0 Å². The van der Waals surface area contributed by atoms with Crippen LogP contribution in [-0.4, -0.2) is 14.3 Å². The number of nitrogens with zero attached hydrogens (tertiary/aromatic N) is 3. The molecule has 6 nitrogen and oxygen atoms in total. The van der Waals surface area contributed by atoms with Crippen molar-refractivity contribution in [3.63, 3.8) is 0 Å². The van der Waals surface area contributed by atoms with Crippen LogP contribution in [0.15, 0.2) is 34.2 Å². The lowest BCUT2D eigenvalue weighted by molar-refractivity contribution is -0.384. The average Bonchev–Trinajstić information content (AvgIpc) is 2.99. The topological polar surface area (TPSA) is 72.5 Å². The summed E-state index contributed by atoms with van der Waals surface area (Å²) in [6, 6.07) is 4.66. The van der Waals surface area contributed by atoms with Crippen LogP contribution in [-0.2, 0) is 6.54 Å². The van der Waals surface area contributed by atoms with Crippen LogP contribution in [0.3, 0.4) is 0 Å². The van der Waals surface area contributed by atoms with E-state index in [4.69, 9.17) is 0 Å². The Hall–Kier alpha value is -1.93. The van der Waals surface area contributed by atoms with E-state index >= 15 is 0 Å². The Morgan fingerprint density at radius 1 is 1.52 bits per heavy atom. The van der Waals surface area contributed by atoms with Crippen LogP contribution in [0.4, 0.5) is 11.4 Å². The summed E-state index contributed by atoms with van der Waals surface area (Å²) >= 11 is 4.98. The summed E-state index contributed by atoms with van der Waals surface area (Å²) in [5, 5.41) is 16.0. The number of aromatic nitrogens is 2. The van der Waals surface area contributed by atoms with Crippen LogP contribution in [0.1, 0.15) is 11.4 Å². The number of anilines is 1. The average molecular weight is 367 g/mol. The maximum atomic E-state index is 10.8. The zero-order chi connectivity index (χ0) is 15.0. The number of imidazole rings is 1. The van der Waals surface area contributed by atoms with E-state index < -0.39 is 4.92 Å². The number of thiazole rings is 1. The molecule has 3 aromatic rings. The molecule has 0 spiro atoms. The van der Waals surface area contributed by atoms with Gasteiger partial charge in [0.15, 0.2) is 4.96 Å². The Bertz CT molecular complexity index is 827. The van der Waals surface area contributed by atoms with Crippen molar-refractivity contribution < 1.29 is 4.92 Å². The van der Waals surface area contributed by atoms with Gasteiger partial charge in [-0.15, -0.1) is 11.3 Å². The molecule has 1 aromatic carbocycles. The second-order valence-electron chi connectivity index (χ2n) is 4.47. The molecule has 0 aliphatic rings. The molecule has 0 amide bonds. The van der Waals surface area contributed by atoms with Crippen molar-refractivity contribution in [2.45, 2.75) is 13.5 Å². The predicted molar refractivity (Wildman–Crippen MR) is 85.9 cm³/mol. The van der Waals surface area contributed by atoms with Gasteiger partial charge in [-0.25, -0.2) is 4.98 Å². The zero-order valence-corrected chi connectivity index (χ0v) is 13.4. The standard InChI is InChI=1S/C13H11BrN4O2S/c1-8-12(17-4-5-21-13(17)16-8)7-15-11-6-9(18(19)20)2-3-10(11)14/h2-6,15H,7H2,1H3. The Morgan fingerprint density at radius 2 is 2.33 bits per heavy atom. The maximum absolute atomic E-state index is 10.8. The third-order valence-electron chi connectivity index (χ3n) is 3.17. The monoisotopic (exact) mass is 366 g/mol. The molecule has 0 bridgehead atoms. The fourth-order valence-electron chi connectivity index (χ4n) is 2.09. The predicted octanol–water partition coefficient (Wildman–Crippen LogP) is 3.99. The molecule has 0 aliphatic heterocycles. The van der Waals surface area contributed by atoms with E-state index in [0.717, 1.165) is 20.8 Å². The molecule has 0 fully saturated rings. The molecule has 8 heteroatoms. The van der Waals surface area contributed by atoms with Gasteiger partial charge in [-0.2, -0.15) is 0 Å². The first-order valence-corrected chi connectivity index (χ1v) is 7.82. The molecule has 1 N–H and O–H groups in total. The van der Waals surface area contributed by atoms with Crippen molar-refractivity contribution in [3.8, 4) is 0 Å². The van der Waals surface area contributed by atoms with Crippen molar-refractivity contribution in [1.29, 1.82) is 0 Å². The highest BCUT2D eigenvalue weighted by Gasteiger charge is 2.12. The number of aryl methyl sites for hydroxylation is 1. The number of non-ortho nitro benzene ring substituents is 1. The van der Waals surface area contributed by atoms with Crippen molar-refractivity contribution in [2.24, 2.45) is 0 Å². The van der Waals surface area contributed by atoms with E-state index in [1.807, 2.05) is 22.9 Å². The van der Waals surface area contributed by atoms with Gasteiger partial charge in [-0.3, -0.25) is 14.5 Å². The first-order valence-electron chi connectivity index (χ1n) is 6.15. The van der Waals surface area contributed by atoms with E-state index in [9.17, 15) is 10.1 Å². The summed E-state index contributed by atoms with van der Waals surface area (Å²) in [6.07, 6.45) is 1.97. The molecule has 0 aliphatic carbocycles. The molecule has 2 heterocycles. The van der Waals surface area contributed by atoms with E-state index in [1.54, 1.807) is 17.4 Å². The van der Waals surface area contributed by atoms with Crippen molar-refractivity contribution in [3.05, 3.63) is 55.8 Å². The van der Waals surface area contributed by atoms with Gasteiger partial charge in [0, 0.05) is 28.2 Å². The van der Waals surface area contributed by atoms with E-state index in [1.165, 1.54) is 12.1 Å². The van der Waals surface area contributed by atoms with Gasteiger partial charge in [0.1, 0.15) is 0 Å². The van der Waals surface area contributed by atoms with Crippen molar-refractivity contribution in [1.82, 2.24) is 9.38 Å². The molecular formula is C13H11BrN4O2S.